The molecule has 278 valence electrons. The van der Waals surface area contributed by atoms with Crippen molar-refractivity contribution in [2.75, 3.05) is 63.3 Å². The fourth-order valence-corrected chi connectivity index (χ4v) is 7.11. The zero-order valence-corrected chi connectivity index (χ0v) is 30.4. The maximum absolute atomic E-state index is 11.8. The van der Waals surface area contributed by atoms with Crippen LogP contribution in [0, 0.1) is 6.92 Å². The van der Waals surface area contributed by atoms with Crippen LogP contribution in [0.4, 0.5) is 16.2 Å². The van der Waals surface area contributed by atoms with Crippen LogP contribution in [0.3, 0.4) is 0 Å². The first kappa shape index (κ1) is 35.2. The molecule has 0 bridgehead atoms. The molecule has 3 aromatic carbocycles. The number of hydrogen-bond donors (Lipinski definition) is 2. The Kier molecular flexibility index (Phi) is 10.2. The van der Waals surface area contributed by atoms with Crippen molar-refractivity contribution in [1.29, 1.82) is 0 Å². The van der Waals surface area contributed by atoms with Crippen molar-refractivity contribution in [2.24, 2.45) is 0 Å². The predicted molar refractivity (Wildman–Crippen MR) is 204 cm³/mol. The van der Waals surface area contributed by atoms with E-state index in [1.807, 2.05) is 79.9 Å². The van der Waals surface area contributed by atoms with Crippen LogP contribution in [0.2, 0.25) is 0 Å². The van der Waals surface area contributed by atoms with Crippen molar-refractivity contribution in [1.82, 2.24) is 14.9 Å². The molecule has 0 saturated carbocycles. The molecular formula is C42H43N5O7. The van der Waals surface area contributed by atoms with Gasteiger partial charge in [-0.2, -0.15) is 0 Å². The minimum absolute atomic E-state index is 0.238. The number of nitrogens with one attached hydrogen (secondary N) is 1. The number of ether oxygens (including phenoxy) is 5. The first-order valence-corrected chi connectivity index (χ1v) is 18.2. The lowest BCUT2D eigenvalue weighted by atomic mass is 9.95. The Hall–Kier alpha value is -5.85. The van der Waals surface area contributed by atoms with E-state index in [0.717, 1.165) is 80.9 Å². The summed E-state index contributed by atoms with van der Waals surface area (Å²) in [6.45, 7) is 6.12. The van der Waals surface area contributed by atoms with Gasteiger partial charge in [0.15, 0.2) is 0 Å². The van der Waals surface area contributed by atoms with Crippen molar-refractivity contribution in [2.45, 2.75) is 32.1 Å². The number of aryl methyl sites for hydroxylation is 1. The third kappa shape index (κ3) is 7.75. The zero-order chi connectivity index (χ0) is 37.0. The van der Waals surface area contributed by atoms with Crippen LogP contribution in [0.15, 0.2) is 91.1 Å². The van der Waals surface area contributed by atoms with E-state index in [0.29, 0.717) is 45.3 Å². The highest BCUT2D eigenvalue weighted by molar-refractivity contribution is 5.75. The molecule has 3 aliphatic rings. The summed E-state index contributed by atoms with van der Waals surface area (Å²) in [6, 6.07) is 27.7. The van der Waals surface area contributed by atoms with Crippen LogP contribution in [-0.2, 0) is 22.5 Å². The van der Waals surface area contributed by atoms with E-state index in [9.17, 15) is 9.90 Å². The number of nitrogens with zero attached hydrogens (tertiary/aromatic N) is 4. The Morgan fingerprint density at radius 2 is 1.83 bits per heavy atom. The Bertz CT molecular complexity index is 2100. The van der Waals surface area contributed by atoms with Gasteiger partial charge in [0.2, 0.25) is 5.88 Å². The van der Waals surface area contributed by atoms with Crippen molar-refractivity contribution >= 4 is 17.5 Å². The lowest BCUT2D eigenvalue weighted by Gasteiger charge is -2.36. The number of carboxylic acid groups (broad SMARTS) is 1. The van der Waals surface area contributed by atoms with E-state index >= 15 is 0 Å². The number of morpholine rings is 2. The lowest BCUT2D eigenvalue weighted by Crippen LogP contribution is -2.48. The first-order chi connectivity index (χ1) is 26.4. The van der Waals surface area contributed by atoms with E-state index < -0.39 is 12.2 Å². The van der Waals surface area contributed by atoms with E-state index in [-0.39, 0.29) is 12.6 Å². The molecule has 2 aromatic heterocycles. The third-order valence-electron chi connectivity index (χ3n) is 10.0. The maximum Gasteiger partial charge on any atom is 0.407 e. The SMILES string of the molecule is COc1ccc(COc2cc(N3CCOCC3)cc(-c3cccc4c3Oc3ccc(NC(c5ccc(C)cn5)C5CN(C(=O)O)CCO5)cc3C4)n2)cc1. The molecule has 5 heterocycles. The van der Waals surface area contributed by atoms with Crippen LogP contribution in [0.1, 0.15) is 34.0 Å². The summed E-state index contributed by atoms with van der Waals surface area (Å²) in [5.41, 5.74) is 8.42. The van der Waals surface area contributed by atoms with Crippen LogP contribution < -0.4 is 24.4 Å². The van der Waals surface area contributed by atoms with Gasteiger partial charge in [0.1, 0.15) is 30.0 Å². The molecule has 54 heavy (non-hydrogen) atoms. The van der Waals surface area contributed by atoms with Gasteiger partial charge in [-0.3, -0.25) is 4.98 Å². The molecule has 2 saturated heterocycles. The molecule has 2 N–H and O–H groups in total. The third-order valence-corrected chi connectivity index (χ3v) is 10.0. The highest BCUT2D eigenvalue weighted by Gasteiger charge is 2.33. The van der Waals surface area contributed by atoms with Crippen molar-refractivity contribution in [3.8, 4) is 34.4 Å². The standard InChI is InChI=1S/C42H43N5O7/c1-27-6-12-35(43-24-27)40(38-25-47(42(48)49)16-19-52-38)44-31-9-13-37-30(21-31)20-29-4-3-5-34(41(29)54-37)36-22-32(46-14-17-51-18-15-46)23-39(45-36)53-26-28-7-10-33(50-2)11-8-28/h3-13,21-24,38,40,44H,14-20,25-26H2,1-2H3,(H,48,49). The molecular weight excluding hydrogens is 686 g/mol. The summed E-state index contributed by atoms with van der Waals surface area (Å²) in [5.74, 6) is 2.85. The van der Waals surface area contributed by atoms with Crippen molar-refractivity contribution < 1.29 is 33.6 Å². The number of pyridine rings is 2. The Labute approximate surface area is 314 Å². The minimum atomic E-state index is -0.955. The average molecular weight is 730 g/mol. The average Bonchev–Trinajstić information content (AvgIpc) is 3.22. The summed E-state index contributed by atoms with van der Waals surface area (Å²) < 4.78 is 30.1. The highest BCUT2D eigenvalue weighted by atomic mass is 16.5. The number of anilines is 2. The molecule has 1 amide bonds. The van der Waals surface area contributed by atoms with Gasteiger partial charge in [0.05, 0.1) is 50.9 Å². The van der Waals surface area contributed by atoms with E-state index in [2.05, 4.69) is 33.4 Å². The van der Waals surface area contributed by atoms with Gasteiger partial charge < -0.3 is 43.9 Å². The molecule has 5 aromatic rings. The Balaban J connectivity index is 1.06. The van der Waals surface area contributed by atoms with Crippen LogP contribution in [0.5, 0.6) is 23.1 Å². The molecule has 0 aliphatic carbocycles. The Morgan fingerprint density at radius 3 is 2.61 bits per heavy atom. The van der Waals surface area contributed by atoms with Gasteiger partial charge in [0, 0.05) is 66.4 Å². The minimum Gasteiger partial charge on any atom is -0.497 e. The summed E-state index contributed by atoms with van der Waals surface area (Å²) in [5, 5.41) is 13.3. The van der Waals surface area contributed by atoms with Gasteiger partial charge in [-0.15, -0.1) is 0 Å². The van der Waals surface area contributed by atoms with Crippen molar-refractivity contribution in [3.63, 3.8) is 0 Å². The summed E-state index contributed by atoms with van der Waals surface area (Å²) in [4.78, 5) is 25.2. The molecule has 2 fully saturated rings. The number of amides is 1. The van der Waals surface area contributed by atoms with Gasteiger partial charge >= 0.3 is 6.09 Å². The molecule has 12 nitrogen and oxygen atoms in total. The van der Waals surface area contributed by atoms with Crippen LogP contribution in [0.25, 0.3) is 11.3 Å². The molecule has 0 spiro atoms. The van der Waals surface area contributed by atoms with Gasteiger partial charge in [-0.25, -0.2) is 9.78 Å². The number of rotatable bonds is 10. The molecule has 0 radical (unpaired) electrons. The number of carbonyl (C=O) groups is 1. The number of fused-ring (bicyclic) bond motifs is 2. The van der Waals surface area contributed by atoms with Gasteiger partial charge in [0.25, 0.3) is 0 Å². The summed E-state index contributed by atoms with van der Waals surface area (Å²) >= 11 is 0. The predicted octanol–water partition coefficient (Wildman–Crippen LogP) is 7.10. The highest BCUT2D eigenvalue weighted by Crippen LogP contribution is 2.44. The van der Waals surface area contributed by atoms with Gasteiger partial charge in [-0.05, 0) is 66.6 Å². The normalized spacial score (nSPS) is 17.1. The van der Waals surface area contributed by atoms with E-state index in [1.165, 1.54) is 4.90 Å². The van der Waals surface area contributed by atoms with Crippen molar-refractivity contribution in [3.05, 3.63) is 119 Å². The number of aromatic nitrogens is 2. The zero-order valence-electron chi connectivity index (χ0n) is 30.4. The van der Waals surface area contributed by atoms with Crippen LogP contribution in [-0.4, -0.2) is 85.3 Å². The van der Waals surface area contributed by atoms with E-state index in [1.54, 1.807) is 7.11 Å². The second-order valence-corrected chi connectivity index (χ2v) is 13.7. The van der Waals surface area contributed by atoms with E-state index in [4.69, 9.17) is 28.7 Å². The smallest absolute Gasteiger partial charge is 0.407 e. The molecule has 12 heteroatoms. The maximum atomic E-state index is 11.8. The molecule has 3 aliphatic heterocycles. The quantitative estimate of drug-likeness (QED) is 0.150. The first-order valence-electron chi connectivity index (χ1n) is 18.2. The second kappa shape index (κ2) is 15.6. The number of para-hydroxylation sites is 1. The summed E-state index contributed by atoms with van der Waals surface area (Å²) in [7, 11) is 1.65. The fourth-order valence-electron chi connectivity index (χ4n) is 7.11. The lowest BCUT2D eigenvalue weighted by molar-refractivity contribution is -0.0313. The van der Waals surface area contributed by atoms with Gasteiger partial charge in [-0.1, -0.05) is 30.3 Å². The van der Waals surface area contributed by atoms with Crippen LogP contribution >= 0.6 is 0 Å². The number of hydrogen-bond acceptors (Lipinski definition) is 10. The largest absolute Gasteiger partial charge is 0.497 e. The fraction of sp³-hybridized carbons (Fsp3) is 0.310. The summed E-state index contributed by atoms with van der Waals surface area (Å²) in [6.07, 6.45) is 1.09. The Morgan fingerprint density at radius 1 is 0.981 bits per heavy atom. The monoisotopic (exact) mass is 729 g/mol. The number of benzene rings is 3. The topological polar surface area (TPSA) is 128 Å². The molecule has 8 rings (SSSR count). The number of methoxy groups -OCH3 is 1. The second-order valence-electron chi connectivity index (χ2n) is 13.7. The molecule has 2 unspecified atom stereocenters. The molecule has 2 atom stereocenters.